The van der Waals surface area contributed by atoms with Gasteiger partial charge in [-0.25, -0.2) is 14.4 Å². The predicted molar refractivity (Wildman–Crippen MR) is 139 cm³/mol. The number of aliphatic hydroxyl groups is 1. The average Bonchev–Trinajstić information content (AvgIpc) is 3.28. The molecule has 0 spiro atoms. The second-order valence-corrected chi connectivity index (χ2v) is 8.59. The molecule has 1 aliphatic heterocycles. The Bertz CT molecular complexity index is 1300. The Morgan fingerprint density at radius 1 is 0.650 bits per heavy atom. The molecule has 3 aromatic rings. The van der Waals surface area contributed by atoms with E-state index in [9.17, 15) is 19.5 Å². The van der Waals surface area contributed by atoms with Gasteiger partial charge < -0.3 is 38.3 Å². The average molecular weight is 553 g/mol. The smallest absolute Gasteiger partial charge is 0.340 e. The van der Waals surface area contributed by atoms with E-state index in [1.807, 2.05) is 0 Å². The van der Waals surface area contributed by atoms with Crippen LogP contribution in [0.5, 0.6) is 17.2 Å². The lowest BCUT2D eigenvalue weighted by atomic mass is 10.1. The molecule has 1 saturated heterocycles. The van der Waals surface area contributed by atoms with Crippen LogP contribution in [0.3, 0.4) is 0 Å². The Balaban J connectivity index is 1.48. The molecule has 1 heterocycles. The van der Waals surface area contributed by atoms with Crippen LogP contribution in [0, 0.1) is 0 Å². The van der Waals surface area contributed by atoms with Gasteiger partial charge in [-0.15, -0.1) is 0 Å². The van der Waals surface area contributed by atoms with Gasteiger partial charge in [-0.05, 0) is 72.8 Å². The Labute approximate surface area is 230 Å². The van der Waals surface area contributed by atoms with Gasteiger partial charge >= 0.3 is 17.9 Å². The second kappa shape index (κ2) is 13.0. The lowest BCUT2D eigenvalue weighted by Gasteiger charge is -2.20. The number of ether oxygens (including phenoxy) is 7. The Morgan fingerprint density at radius 2 is 1.05 bits per heavy atom. The van der Waals surface area contributed by atoms with Crippen molar-refractivity contribution in [2.45, 2.75) is 24.6 Å². The number of benzene rings is 3. The lowest BCUT2D eigenvalue weighted by Crippen LogP contribution is -2.40. The van der Waals surface area contributed by atoms with E-state index in [1.165, 1.54) is 57.7 Å². The maximum atomic E-state index is 12.9. The van der Waals surface area contributed by atoms with E-state index in [0.29, 0.717) is 17.2 Å². The fourth-order valence-electron chi connectivity index (χ4n) is 3.87. The SMILES string of the molecule is COc1ccc(C(=O)OC[C@H]2O[C@H](OC(=O)c3ccc(OC)cc3)[C@H](O)[C@@H]2OC(=O)c2ccc(OC)cc2)cc1. The van der Waals surface area contributed by atoms with E-state index >= 15 is 0 Å². The molecule has 0 amide bonds. The number of hydrogen-bond acceptors (Lipinski definition) is 11. The number of methoxy groups -OCH3 is 3. The summed E-state index contributed by atoms with van der Waals surface area (Å²) in [5, 5.41) is 10.9. The molecule has 0 unspecified atom stereocenters. The standard InChI is InChI=1S/C29H28O11/c1-34-20-10-4-17(5-11-20)26(31)37-16-23-25(39-27(32)18-6-12-21(35-2)13-7-18)24(30)29(38-23)40-28(33)19-8-14-22(36-3)15-9-19/h4-15,23-25,29-30H,16H2,1-3H3/t23-,24-,25-,29-/m1/s1. The molecule has 3 aromatic carbocycles. The maximum Gasteiger partial charge on any atom is 0.340 e. The molecular formula is C29H28O11. The Morgan fingerprint density at radius 3 is 1.48 bits per heavy atom. The van der Waals surface area contributed by atoms with Gasteiger partial charge in [-0.3, -0.25) is 0 Å². The molecule has 0 saturated carbocycles. The topological polar surface area (TPSA) is 136 Å². The van der Waals surface area contributed by atoms with Crippen molar-refractivity contribution in [2.75, 3.05) is 27.9 Å². The summed E-state index contributed by atoms with van der Waals surface area (Å²) >= 11 is 0. The fourth-order valence-corrected chi connectivity index (χ4v) is 3.87. The monoisotopic (exact) mass is 552 g/mol. The Hall–Kier alpha value is -4.61. The van der Waals surface area contributed by atoms with Crippen molar-refractivity contribution in [2.24, 2.45) is 0 Å². The summed E-state index contributed by atoms with van der Waals surface area (Å²) in [7, 11) is 4.48. The van der Waals surface area contributed by atoms with Gasteiger partial charge in [0.25, 0.3) is 0 Å². The van der Waals surface area contributed by atoms with E-state index in [1.54, 1.807) is 36.4 Å². The zero-order valence-corrected chi connectivity index (χ0v) is 22.0. The molecule has 0 radical (unpaired) electrons. The third-order valence-electron chi connectivity index (χ3n) is 6.11. The number of carbonyl (C=O) groups is 3. The number of rotatable bonds is 10. The molecule has 4 rings (SSSR count). The highest BCUT2D eigenvalue weighted by Gasteiger charge is 2.49. The van der Waals surface area contributed by atoms with Crippen molar-refractivity contribution in [3.05, 3.63) is 89.5 Å². The first-order valence-corrected chi connectivity index (χ1v) is 12.2. The number of carbonyl (C=O) groups excluding carboxylic acids is 3. The van der Waals surface area contributed by atoms with Crippen LogP contribution in [-0.2, 0) is 18.9 Å². The van der Waals surface area contributed by atoms with Crippen LogP contribution in [0.1, 0.15) is 31.1 Å². The lowest BCUT2D eigenvalue weighted by molar-refractivity contribution is -0.139. The molecule has 0 aliphatic carbocycles. The summed E-state index contributed by atoms with van der Waals surface area (Å²) in [5.41, 5.74) is 0.604. The first-order chi connectivity index (χ1) is 19.3. The summed E-state index contributed by atoms with van der Waals surface area (Å²) < 4.78 is 37.2. The van der Waals surface area contributed by atoms with Crippen molar-refractivity contribution in [3.8, 4) is 17.2 Å². The van der Waals surface area contributed by atoms with Crippen molar-refractivity contribution in [1.82, 2.24) is 0 Å². The predicted octanol–water partition coefficient (Wildman–Crippen LogP) is 3.04. The first-order valence-electron chi connectivity index (χ1n) is 12.2. The maximum absolute atomic E-state index is 12.9. The number of hydrogen-bond donors (Lipinski definition) is 1. The molecule has 11 nitrogen and oxygen atoms in total. The minimum atomic E-state index is -1.57. The minimum Gasteiger partial charge on any atom is -0.497 e. The van der Waals surface area contributed by atoms with Crippen LogP contribution in [0.4, 0.5) is 0 Å². The van der Waals surface area contributed by atoms with E-state index in [2.05, 4.69) is 0 Å². The van der Waals surface area contributed by atoms with Crippen LogP contribution >= 0.6 is 0 Å². The quantitative estimate of drug-likeness (QED) is 0.294. The minimum absolute atomic E-state index is 0.178. The highest BCUT2D eigenvalue weighted by atomic mass is 16.7. The summed E-state index contributed by atoms with van der Waals surface area (Å²) in [5.74, 6) is -0.607. The van der Waals surface area contributed by atoms with Crippen LogP contribution in [-0.4, -0.2) is 75.6 Å². The molecule has 4 atom stereocenters. The van der Waals surface area contributed by atoms with E-state index in [-0.39, 0.29) is 16.7 Å². The normalized spacial score (nSPS) is 19.8. The summed E-state index contributed by atoms with van der Waals surface area (Å²) in [6.07, 6.45) is -5.55. The van der Waals surface area contributed by atoms with Gasteiger partial charge in [-0.1, -0.05) is 0 Å². The highest BCUT2D eigenvalue weighted by Crippen LogP contribution is 2.28. The van der Waals surface area contributed by atoms with Crippen LogP contribution in [0.15, 0.2) is 72.8 Å². The van der Waals surface area contributed by atoms with Gasteiger partial charge in [0.15, 0.2) is 12.2 Å². The molecule has 40 heavy (non-hydrogen) atoms. The zero-order valence-electron chi connectivity index (χ0n) is 22.0. The van der Waals surface area contributed by atoms with Crippen molar-refractivity contribution >= 4 is 17.9 Å². The van der Waals surface area contributed by atoms with E-state index in [4.69, 9.17) is 33.2 Å². The molecule has 210 valence electrons. The molecular weight excluding hydrogens is 524 g/mol. The zero-order chi connectivity index (χ0) is 28.6. The van der Waals surface area contributed by atoms with E-state index < -0.39 is 49.1 Å². The van der Waals surface area contributed by atoms with Crippen LogP contribution < -0.4 is 14.2 Å². The van der Waals surface area contributed by atoms with Gasteiger partial charge in [0.05, 0.1) is 38.0 Å². The van der Waals surface area contributed by atoms with Crippen molar-refractivity contribution in [1.29, 1.82) is 0 Å². The number of esters is 3. The van der Waals surface area contributed by atoms with Gasteiger partial charge in [-0.2, -0.15) is 0 Å². The third kappa shape index (κ3) is 6.68. The molecule has 0 aromatic heterocycles. The van der Waals surface area contributed by atoms with Gasteiger partial charge in [0, 0.05) is 0 Å². The Kier molecular flexibility index (Phi) is 9.20. The molecule has 1 aliphatic rings. The largest absolute Gasteiger partial charge is 0.497 e. The van der Waals surface area contributed by atoms with Gasteiger partial charge in [0.2, 0.25) is 6.29 Å². The summed E-state index contributed by atoms with van der Waals surface area (Å²) in [6.45, 7) is -0.404. The molecule has 1 fully saturated rings. The first kappa shape index (κ1) is 28.4. The van der Waals surface area contributed by atoms with Crippen LogP contribution in [0.2, 0.25) is 0 Å². The molecule has 1 N–H and O–H groups in total. The molecule has 11 heteroatoms. The highest BCUT2D eigenvalue weighted by molar-refractivity contribution is 5.91. The number of aliphatic hydroxyl groups excluding tert-OH is 1. The summed E-state index contributed by atoms with van der Waals surface area (Å²) in [6, 6.07) is 18.5. The van der Waals surface area contributed by atoms with Crippen molar-refractivity contribution < 1.29 is 52.6 Å². The molecule has 0 bridgehead atoms. The second-order valence-electron chi connectivity index (χ2n) is 8.59. The van der Waals surface area contributed by atoms with Crippen molar-refractivity contribution in [3.63, 3.8) is 0 Å². The third-order valence-corrected chi connectivity index (χ3v) is 6.11. The fraction of sp³-hybridized carbons (Fsp3) is 0.276. The van der Waals surface area contributed by atoms with E-state index in [0.717, 1.165) is 0 Å². The summed E-state index contributed by atoms with van der Waals surface area (Å²) in [4.78, 5) is 38.1. The van der Waals surface area contributed by atoms with Crippen LogP contribution in [0.25, 0.3) is 0 Å². The van der Waals surface area contributed by atoms with Gasteiger partial charge in [0.1, 0.15) is 30.0 Å².